The summed E-state index contributed by atoms with van der Waals surface area (Å²) in [6.07, 6.45) is 3.58. The third-order valence-electron chi connectivity index (χ3n) is 2.91. The second-order valence-electron chi connectivity index (χ2n) is 4.07. The molecular weight excluding hydrogens is 276 g/mol. The monoisotopic (exact) mass is 288 g/mol. The predicted molar refractivity (Wildman–Crippen MR) is 64.1 cm³/mol. The zero-order valence-corrected chi connectivity index (χ0v) is 10.7. The van der Waals surface area contributed by atoms with E-state index in [0.717, 1.165) is 22.2 Å². The number of aliphatic hydroxyl groups is 1. The number of Topliss-reactive ketones (excluding diaryl/α,β-unsaturated/α-hetero) is 1. The molecule has 1 aliphatic carbocycles. The molecule has 1 fully saturated rings. The van der Waals surface area contributed by atoms with Crippen LogP contribution in [0.3, 0.4) is 0 Å². The van der Waals surface area contributed by atoms with Crippen LogP contribution >= 0.6 is 27.3 Å². The zero-order chi connectivity index (χ0) is 10.9. The molecule has 0 bridgehead atoms. The van der Waals surface area contributed by atoms with Crippen molar-refractivity contribution >= 4 is 33.0 Å². The van der Waals surface area contributed by atoms with Gasteiger partial charge in [0.25, 0.3) is 0 Å². The van der Waals surface area contributed by atoms with Gasteiger partial charge in [0.1, 0.15) is 5.60 Å². The Hall–Kier alpha value is -0.190. The maximum absolute atomic E-state index is 11.9. The molecule has 2 rings (SSSR count). The molecular formula is C11H13BrO2S. The highest BCUT2D eigenvalue weighted by Gasteiger charge is 2.38. The van der Waals surface area contributed by atoms with Crippen LogP contribution in [0, 0.1) is 0 Å². The third kappa shape index (κ3) is 2.49. The van der Waals surface area contributed by atoms with Gasteiger partial charge in [0.15, 0.2) is 5.78 Å². The van der Waals surface area contributed by atoms with E-state index in [9.17, 15) is 9.90 Å². The predicted octanol–water partition coefficient (Wildman–Crippen LogP) is 2.93. The van der Waals surface area contributed by atoms with Crippen LogP contribution in [-0.2, 0) is 11.2 Å². The second kappa shape index (κ2) is 4.36. The van der Waals surface area contributed by atoms with Gasteiger partial charge < -0.3 is 5.11 Å². The van der Waals surface area contributed by atoms with Crippen LogP contribution in [0.2, 0.25) is 0 Å². The van der Waals surface area contributed by atoms with Crippen LogP contribution in [0.25, 0.3) is 0 Å². The van der Waals surface area contributed by atoms with E-state index in [-0.39, 0.29) is 5.78 Å². The molecule has 1 aromatic heterocycles. The first-order chi connectivity index (χ1) is 7.10. The van der Waals surface area contributed by atoms with Crippen molar-refractivity contribution < 1.29 is 9.90 Å². The molecule has 0 amide bonds. The number of carbonyl (C=O) groups is 1. The Kier molecular flexibility index (Phi) is 3.28. The zero-order valence-electron chi connectivity index (χ0n) is 8.33. The van der Waals surface area contributed by atoms with Crippen LogP contribution in [0.15, 0.2) is 15.9 Å². The molecule has 0 radical (unpaired) electrons. The first kappa shape index (κ1) is 11.3. The van der Waals surface area contributed by atoms with Crippen molar-refractivity contribution in [1.29, 1.82) is 0 Å². The van der Waals surface area contributed by atoms with Crippen LogP contribution in [-0.4, -0.2) is 16.5 Å². The van der Waals surface area contributed by atoms with E-state index in [1.807, 2.05) is 11.4 Å². The number of hydrogen-bond donors (Lipinski definition) is 1. The lowest BCUT2D eigenvalue weighted by Gasteiger charge is -2.19. The molecule has 0 aromatic carbocycles. The molecule has 0 saturated heterocycles. The summed E-state index contributed by atoms with van der Waals surface area (Å²) in [4.78, 5) is 12.9. The van der Waals surface area contributed by atoms with Crippen LogP contribution in [0.5, 0.6) is 0 Å². The Morgan fingerprint density at radius 1 is 1.53 bits per heavy atom. The number of carbonyl (C=O) groups excluding carboxylic acids is 1. The number of thiophene rings is 1. The van der Waals surface area contributed by atoms with Crippen molar-refractivity contribution in [2.75, 3.05) is 0 Å². The summed E-state index contributed by atoms with van der Waals surface area (Å²) in [5.74, 6) is -0.0191. The molecule has 0 atom stereocenters. The van der Waals surface area contributed by atoms with Crippen LogP contribution in [0.1, 0.15) is 30.6 Å². The minimum absolute atomic E-state index is 0.0191. The number of ketones is 1. The van der Waals surface area contributed by atoms with E-state index in [0.29, 0.717) is 19.3 Å². The van der Waals surface area contributed by atoms with Gasteiger partial charge in [-0.2, -0.15) is 0 Å². The van der Waals surface area contributed by atoms with Crippen molar-refractivity contribution in [3.63, 3.8) is 0 Å². The van der Waals surface area contributed by atoms with E-state index >= 15 is 0 Å². The molecule has 15 heavy (non-hydrogen) atoms. The summed E-state index contributed by atoms with van der Waals surface area (Å²) < 4.78 is 1.01. The lowest BCUT2D eigenvalue weighted by molar-refractivity contribution is -0.135. The largest absolute Gasteiger partial charge is 0.382 e. The van der Waals surface area contributed by atoms with E-state index in [1.54, 1.807) is 11.3 Å². The molecule has 1 aliphatic rings. The molecule has 1 saturated carbocycles. The fraction of sp³-hybridized carbons (Fsp3) is 0.545. The molecule has 2 nitrogen and oxygen atoms in total. The number of hydrogen-bond acceptors (Lipinski definition) is 3. The third-order valence-corrected chi connectivity index (χ3v) is 4.60. The van der Waals surface area contributed by atoms with Gasteiger partial charge in [-0.1, -0.05) is 0 Å². The fourth-order valence-electron chi connectivity index (χ4n) is 2.01. The Balaban J connectivity index is 2.03. The molecule has 0 unspecified atom stereocenters. The van der Waals surface area contributed by atoms with Gasteiger partial charge in [-0.05, 0) is 47.7 Å². The van der Waals surface area contributed by atoms with E-state index < -0.39 is 5.60 Å². The normalized spacial score (nSPS) is 19.3. The molecule has 1 N–H and O–H groups in total. The Bertz CT molecular complexity index is 366. The van der Waals surface area contributed by atoms with Crippen LogP contribution in [0.4, 0.5) is 0 Å². The van der Waals surface area contributed by atoms with Gasteiger partial charge in [-0.3, -0.25) is 4.79 Å². The maximum atomic E-state index is 11.9. The minimum Gasteiger partial charge on any atom is -0.382 e. The summed E-state index contributed by atoms with van der Waals surface area (Å²) in [6, 6.07) is 1.95. The van der Waals surface area contributed by atoms with Crippen molar-refractivity contribution in [1.82, 2.24) is 0 Å². The standard InChI is InChI=1S/C11H13BrO2S/c12-8-5-9(15-7-8)6-10(13)11(14)3-1-2-4-11/h5,7,14H,1-4,6H2. The van der Waals surface area contributed by atoms with E-state index in [4.69, 9.17) is 0 Å². The first-order valence-electron chi connectivity index (χ1n) is 5.09. The van der Waals surface area contributed by atoms with Crippen molar-refractivity contribution in [3.8, 4) is 0 Å². The highest BCUT2D eigenvalue weighted by atomic mass is 79.9. The van der Waals surface area contributed by atoms with Gasteiger partial charge in [-0.15, -0.1) is 11.3 Å². The van der Waals surface area contributed by atoms with Crippen molar-refractivity contribution in [2.24, 2.45) is 0 Å². The Labute approximate surface area is 101 Å². The quantitative estimate of drug-likeness (QED) is 0.929. The Morgan fingerprint density at radius 2 is 2.20 bits per heavy atom. The molecule has 82 valence electrons. The minimum atomic E-state index is -1.03. The summed E-state index contributed by atoms with van der Waals surface area (Å²) in [5.41, 5.74) is -1.03. The van der Waals surface area contributed by atoms with Gasteiger partial charge in [-0.25, -0.2) is 0 Å². The molecule has 0 aliphatic heterocycles. The number of halogens is 1. The molecule has 0 spiro atoms. The highest BCUT2D eigenvalue weighted by Crippen LogP contribution is 2.32. The van der Waals surface area contributed by atoms with Crippen LogP contribution < -0.4 is 0 Å². The lowest BCUT2D eigenvalue weighted by atomic mass is 9.94. The summed E-state index contributed by atoms with van der Waals surface area (Å²) in [7, 11) is 0. The smallest absolute Gasteiger partial charge is 0.169 e. The summed E-state index contributed by atoms with van der Waals surface area (Å²) in [5, 5.41) is 12.0. The summed E-state index contributed by atoms with van der Waals surface area (Å²) in [6.45, 7) is 0. The first-order valence-corrected chi connectivity index (χ1v) is 6.76. The Morgan fingerprint density at radius 3 is 2.73 bits per heavy atom. The molecule has 1 heterocycles. The maximum Gasteiger partial charge on any atom is 0.169 e. The van der Waals surface area contributed by atoms with Crippen molar-refractivity contribution in [2.45, 2.75) is 37.7 Å². The van der Waals surface area contributed by atoms with Crippen molar-refractivity contribution in [3.05, 3.63) is 20.8 Å². The van der Waals surface area contributed by atoms with E-state index in [2.05, 4.69) is 15.9 Å². The molecule has 1 aromatic rings. The lowest BCUT2D eigenvalue weighted by Crippen LogP contribution is -2.36. The average Bonchev–Trinajstić information content (AvgIpc) is 2.76. The second-order valence-corrected chi connectivity index (χ2v) is 5.98. The number of rotatable bonds is 3. The van der Waals surface area contributed by atoms with Gasteiger partial charge >= 0.3 is 0 Å². The van der Waals surface area contributed by atoms with Gasteiger partial charge in [0.05, 0.1) is 0 Å². The topological polar surface area (TPSA) is 37.3 Å². The van der Waals surface area contributed by atoms with Gasteiger partial charge in [0.2, 0.25) is 0 Å². The van der Waals surface area contributed by atoms with Gasteiger partial charge in [0, 0.05) is 21.2 Å². The highest BCUT2D eigenvalue weighted by molar-refractivity contribution is 9.10. The average molecular weight is 289 g/mol. The fourth-order valence-corrected chi connectivity index (χ4v) is 3.46. The SMILES string of the molecule is O=C(Cc1cc(Br)cs1)C1(O)CCCC1. The molecule has 4 heteroatoms. The van der Waals surface area contributed by atoms with E-state index in [1.165, 1.54) is 0 Å². The summed E-state index contributed by atoms with van der Waals surface area (Å²) >= 11 is 4.91.